The van der Waals surface area contributed by atoms with Crippen LogP contribution in [0, 0.1) is 11.7 Å². The molecule has 2 N–H and O–H groups in total. The summed E-state index contributed by atoms with van der Waals surface area (Å²) < 4.78 is 13.9. The summed E-state index contributed by atoms with van der Waals surface area (Å²) in [6, 6.07) is 5.72. The van der Waals surface area contributed by atoms with E-state index in [0.717, 1.165) is 0 Å². The summed E-state index contributed by atoms with van der Waals surface area (Å²) in [5.74, 6) is -1.14. The minimum Gasteiger partial charge on any atom is -0.369 e. The number of piperidine rings is 1. The summed E-state index contributed by atoms with van der Waals surface area (Å²) in [4.78, 5) is 40.5. The van der Waals surface area contributed by atoms with Gasteiger partial charge in [0.05, 0.1) is 5.69 Å². The number of hydrogen-bond donors (Lipinski definition) is 1. The number of amides is 4. The third-order valence-electron chi connectivity index (χ3n) is 4.81. The SMILES string of the molecule is NC(=O)C1CCN(C(=O)CN2CCN(c3ccccc3F)C2=O)CC1. The van der Waals surface area contributed by atoms with Gasteiger partial charge in [-0.3, -0.25) is 14.5 Å². The van der Waals surface area contributed by atoms with E-state index in [4.69, 9.17) is 5.73 Å². The van der Waals surface area contributed by atoms with Crippen molar-refractivity contribution >= 4 is 23.5 Å². The number of anilines is 1. The van der Waals surface area contributed by atoms with Gasteiger partial charge in [0.15, 0.2) is 0 Å². The molecule has 8 heteroatoms. The topological polar surface area (TPSA) is 86.9 Å². The van der Waals surface area contributed by atoms with Crippen molar-refractivity contribution in [1.29, 1.82) is 0 Å². The lowest BCUT2D eigenvalue weighted by Gasteiger charge is -2.31. The molecule has 2 fully saturated rings. The maximum Gasteiger partial charge on any atom is 0.325 e. The highest BCUT2D eigenvalue weighted by Crippen LogP contribution is 2.23. The second-order valence-electron chi connectivity index (χ2n) is 6.36. The summed E-state index contributed by atoms with van der Waals surface area (Å²) >= 11 is 0. The first-order valence-electron chi connectivity index (χ1n) is 8.35. The van der Waals surface area contributed by atoms with E-state index >= 15 is 0 Å². The normalized spacial score (nSPS) is 18.8. The molecule has 0 unspecified atom stereocenters. The zero-order valence-electron chi connectivity index (χ0n) is 13.9. The molecule has 0 aromatic heterocycles. The Bertz CT molecular complexity index is 688. The van der Waals surface area contributed by atoms with Crippen molar-refractivity contribution in [3.63, 3.8) is 0 Å². The highest BCUT2D eigenvalue weighted by atomic mass is 19.1. The molecule has 0 atom stereocenters. The van der Waals surface area contributed by atoms with E-state index in [1.165, 1.54) is 15.9 Å². The maximum absolute atomic E-state index is 13.9. The van der Waals surface area contributed by atoms with E-state index in [9.17, 15) is 18.8 Å². The first kappa shape index (κ1) is 17.2. The Balaban J connectivity index is 1.57. The quantitative estimate of drug-likeness (QED) is 0.873. The van der Waals surface area contributed by atoms with Gasteiger partial charge in [-0.25, -0.2) is 9.18 Å². The number of halogens is 1. The molecule has 0 aliphatic carbocycles. The van der Waals surface area contributed by atoms with Crippen molar-refractivity contribution in [3.05, 3.63) is 30.1 Å². The third-order valence-corrected chi connectivity index (χ3v) is 4.81. The molecular weight excluding hydrogens is 327 g/mol. The fraction of sp³-hybridized carbons (Fsp3) is 0.471. The predicted molar refractivity (Wildman–Crippen MR) is 89.2 cm³/mol. The van der Waals surface area contributed by atoms with E-state index in [-0.39, 0.29) is 36.0 Å². The Morgan fingerprint density at radius 1 is 1.12 bits per heavy atom. The molecule has 0 bridgehead atoms. The molecule has 2 heterocycles. The number of nitrogens with zero attached hydrogens (tertiary/aromatic N) is 3. The molecule has 3 rings (SSSR count). The average Bonchev–Trinajstić information content (AvgIpc) is 2.96. The molecule has 7 nitrogen and oxygen atoms in total. The molecule has 134 valence electrons. The second kappa shape index (κ2) is 7.08. The van der Waals surface area contributed by atoms with Crippen molar-refractivity contribution in [2.24, 2.45) is 11.7 Å². The number of primary amides is 1. The molecule has 0 saturated carbocycles. The zero-order chi connectivity index (χ0) is 18.0. The molecule has 25 heavy (non-hydrogen) atoms. The fourth-order valence-electron chi connectivity index (χ4n) is 3.30. The Kier molecular flexibility index (Phi) is 4.87. The maximum atomic E-state index is 13.9. The summed E-state index contributed by atoms with van der Waals surface area (Å²) in [6.45, 7) is 1.61. The number of para-hydroxylation sites is 1. The van der Waals surface area contributed by atoms with Gasteiger partial charge in [0.1, 0.15) is 12.4 Å². The molecule has 1 aromatic carbocycles. The number of benzene rings is 1. The fourth-order valence-corrected chi connectivity index (χ4v) is 3.30. The van der Waals surface area contributed by atoms with Crippen molar-refractivity contribution in [2.75, 3.05) is 37.6 Å². The van der Waals surface area contributed by atoms with Crippen LogP contribution in [0.25, 0.3) is 0 Å². The van der Waals surface area contributed by atoms with E-state index in [0.29, 0.717) is 39.0 Å². The number of carbonyl (C=O) groups is 3. The van der Waals surface area contributed by atoms with Crippen LogP contribution in [0.5, 0.6) is 0 Å². The van der Waals surface area contributed by atoms with Gasteiger partial charge in [0, 0.05) is 32.1 Å². The molecule has 2 aliphatic rings. The van der Waals surface area contributed by atoms with E-state index in [1.807, 2.05) is 0 Å². The van der Waals surface area contributed by atoms with Gasteiger partial charge < -0.3 is 15.5 Å². The monoisotopic (exact) mass is 348 g/mol. The lowest BCUT2D eigenvalue weighted by molar-refractivity contribution is -0.135. The van der Waals surface area contributed by atoms with Crippen LogP contribution < -0.4 is 10.6 Å². The standard InChI is InChI=1S/C17H21FN4O3/c18-13-3-1-2-4-14(13)22-10-9-21(17(22)25)11-15(23)20-7-5-12(6-8-20)16(19)24/h1-4,12H,5-11H2,(H2,19,24). The summed E-state index contributed by atoms with van der Waals surface area (Å²) in [7, 11) is 0. The molecule has 2 saturated heterocycles. The van der Waals surface area contributed by atoms with Crippen LogP contribution in [0.4, 0.5) is 14.9 Å². The van der Waals surface area contributed by atoms with Gasteiger partial charge in [-0.05, 0) is 25.0 Å². The summed E-state index contributed by atoms with van der Waals surface area (Å²) in [5, 5.41) is 0. The Hall–Kier alpha value is -2.64. The van der Waals surface area contributed by atoms with Crippen molar-refractivity contribution < 1.29 is 18.8 Å². The van der Waals surface area contributed by atoms with Crippen LogP contribution in [0.3, 0.4) is 0 Å². The number of rotatable bonds is 4. The Labute approximate surface area is 145 Å². The van der Waals surface area contributed by atoms with Crippen molar-refractivity contribution in [2.45, 2.75) is 12.8 Å². The van der Waals surface area contributed by atoms with Crippen molar-refractivity contribution in [1.82, 2.24) is 9.80 Å². The third kappa shape index (κ3) is 3.57. The molecule has 0 radical (unpaired) electrons. The smallest absolute Gasteiger partial charge is 0.325 e. The first-order chi connectivity index (χ1) is 12.0. The first-order valence-corrected chi connectivity index (χ1v) is 8.35. The van der Waals surface area contributed by atoms with Crippen LogP contribution in [0.15, 0.2) is 24.3 Å². The van der Waals surface area contributed by atoms with Gasteiger partial charge in [-0.2, -0.15) is 0 Å². The lowest BCUT2D eigenvalue weighted by atomic mass is 9.96. The minimum absolute atomic E-state index is 0.0367. The van der Waals surface area contributed by atoms with Crippen LogP contribution in [0.2, 0.25) is 0 Å². The number of carbonyl (C=O) groups excluding carboxylic acids is 3. The van der Waals surface area contributed by atoms with E-state index < -0.39 is 5.82 Å². The summed E-state index contributed by atoms with van der Waals surface area (Å²) in [6.07, 6.45) is 1.10. The highest BCUT2D eigenvalue weighted by Gasteiger charge is 2.34. The van der Waals surface area contributed by atoms with Crippen LogP contribution in [-0.2, 0) is 9.59 Å². The van der Waals surface area contributed by atoms with Crippen LogP contribution in [-0.4, -0.2) is 60.4 Å². The molecule has 4 amide bonds. The number of urea groups is 1. The van der Waals surface area contributed by atoms with E-state index in [1.54, 1.807) is 23.1 Å². The van der Waals surface area contributed by atoms with Crippen LogP contribution >= 0.6 is 0 Å². The predicted octanol–water partition coefficient (Wildman–Crippen LogP) is 0.792. The highest BCUT2D eigenvalue weighted by molar-refractivity contribution is 5.96. The zero-order valence-corrected chi connectivity index (χ0v) is 13.9. The van der Waals surface area contributed by atoms with Crippen LogP contribution in [0.1, 0.15) is 12.8 Å². The largest absolute Gasteiger partial charge is 0.369 e. The van der Waals surface area contributed by atoms with Gasteiger partial charge in [-0.15, -0.1) is 0 Å². The Morgan fingerprint density at radius 3 is 2.44 bits per heavy atom. The second-order valence-corrected chi connectivity index (χ2v) is 6.36. The molecule has 0 spiro atoms. The minimum atomic E-state index is -0.461. The van der Waals surface area contributed by atoms with Gasteiger partial charge in [-0.1, -0.05) is 12.1 Å². The molecule has 1 aromatic rings. The average molecular weight is 348 g/mol. The number of likely N-dealkylation sites (tertiary alicyclic amines) is 1. The van der Waals surface area contributed by atoms with Gasteiger partial charge in [0.2, 0.25) is 11.8 Å². The lowest BCUT2D eigenvalue weighted by Crippen LogP contribution is -2.46. The van der Waals surface area contributed by atoms with Gasteiger partial charge >= 0.3 is 6.03 Å². The molecular formula is C17H21FN4O3. The number of hydrogen-bond acceptors (Lipinski definition) is 3. The summed E-state index contributed by atoms with van der Waals surface area (Å²) in [5.41, 5.74) is 5.52. The van der Waals surface area contributed by atoms with E-state index in [2.05, 4.69) is 0 Å². The Morgan fingerprint density at radius 2 is 1.80 bits per heavy atom. The number of nitrogens with two attached hydrogens (primary N) is 1. The van der Waals surface area contributed by atoms with Gasteiger partial charge in [0.25, 0.3) is 0 Å². The molecule has 2 aliphatic heterocycles. The van der Waals surface area contributed by atoms with Crippen molar-refractivity contribution in [3.8, 4) is 0 Å².